The fraction of sp³-hybridized carbons (Fsp3) is 0.222. The van der Waals surface area contributed by atoms with Crippen molar-refractivity contribution in [2.45, 2.75) is 15.6 Å². The van der Waals surface area contributed by atoms with Crippen LogP contribution in [0.1, 0.15) is 5.56 Å². The first-order valence-corrected chi connectivity index (χ1v) is 6.73. The molecule has 0 N–H and O–H groups in total. The molecule has 0 atom stereocenters. The monoisotopic (exact) mass is 299 g/mol. The first kappa shape index (κ1) is 13.8. The third kappa shape index (κ3) is 4.29. The maximum absolute atomic E-state index is 11.6. The van der Waals surface area contributed by atoms with Crippen molar-refractivity contribution in [2.24, 2.45) is 4.40 Å². The van der Waals surface area contributed by atoms with Gasteiger partial charge in [-0.1, -0.05) is 52.5 Å². The summed E-state index contributed by atoms with van der Waals surface area (Å²) < 4.78 is 24.7. The Labute approximate surface area is 109 Å². The number of benzene rings is 1. The van der Waals surface area contributed by atoms with Crippen molar-refractivity contribution in [3.05, 3.63) is 29.8 Å². The van der Waals surface area contributed by atoms with Gasteiger partial charge in [-0.25, -0.2) is 0 Å². The number of hydrogen-bond donors (Lipinski definition) is 0. The van der Waals surface area contributed by atoms with E-state index >= 15 is 0 Å². The number of alkyl halides is 3. The van der Waals surface area contributed by atoms with E-state index in [9.17, 15) is 8.42 Å². The van der Waals surface area contributed by atoms with E-state index in [0.29, 0.717) is 0 Å². The molecule has 0 aromatic heterocycles. The van der Waals surface area contributed by atoms with Gasteiger partial charge in [0.2, 0.25) is 3.79 Å². The van der Waals surface area contributed by atoms with Crippen molar-refractivity contribution in [2.75, 3.05) is 0 Å². The highest BCUT2D eigenvalue weighted by Gasteiger charge is 2.19. The molecule has 0 bridgehead atoms. The molecule has 88 valence electrons. The minimum absolute atomic E-state index is 0.0589. The van der Waals surface area contributed by atoms with Gasteiger partial charge >= 0.3 is 0 Å². The summed E-state index contributed by atoms with van der Waals surface area (Å²) in [5.41, 5.74) is 0.948. The molecule has 0 aliphatic carbocycles. The van der Waals surface area contributed by atoms with Crippen molar-refractivity contribution < 1.29 is 8.42 Å². The third-order valence-corrected chi connectivity index (χ3v) is 3.20. The Morgan fingerprint density at radius 2 is 1.69 bits per heavy atom. The second kappa shape index (κ2) is 4.92. The summed E-state index contributed by atoms with van der Waals surface area (Å²) in [5.74, 6) is 0. The largest absolute Gasteiger partial charge is 0.282 e. The molecule has 0 spiro atoms. The number of nitrogens with zero attached hydrogens (tertiary/aromatic N) is 1. The van der Waals surface area contributed by atoms with Crippen molar-refractivity contribution in [1.29, 1.82) is 0 Å². The van der Waals surface area contributed by atoms with Crippen molar-refractivity contribution in [3.63, 3.8) is 0 Å². The van der Waals surface area contributed by atoms with Gasteiger partial charge in [0.05, 0.1) is 11.1 Å². The molecule has 0 aliphatic heterocycles. The smallest absolute Gasteiger partial charge is 0.199 e. The minimum atomic E-state index is -3.79. The van der Waals surface area contributed by atoms with Crippen LogP contribution in [0.5, 0.6) is 0 Å². The molecule has 1 aromatic carbocycles. The second-order valence-corrected chi connectivity index (χ2v) is 7.07. The van der Waals surface area contributed by atoms with E-state index in [1.807, 2.05) is 6.92 Å². The van der Waals surface area contributed by atoms with Gasteiger partial charge in [-0.05, 0) is 19.1 Å². The molecule has 16 heavy (non-hydrogen) atoms. The van der Waals surface area contributed by atoms with Crippen LogP contribution in [0.15, 0.2) is 33.6 Å². The Hall–Kier alpha value is -0.290. The van der Waals surface area contributed by atoms with Crippen LogP contribution in [0, 0.1) is 6.92 Å². The summed E-state index contributed by atoms with van der Waals surface area (Å²) in [7, 11) is -3.79. The SMILES string of the molecule is Cc1ccc(S(=O)(=O)N=CC(Cl)(Cl)Cl)cc1. The molecule has 0 saturated carbocycles. The van der Waals surface area contributed by atoms with Gasteiger partial charge in [0.1, 0.15) is 0 Å². The molecule has 0 saturated heterocycles. The summed E-state index contributed by atoms with van der Waals surface area (Å²) in [5, 5.41) is 0. The van der Waals surface area contributed by atoms with E-state index in [0.717, 1.165) is 11.8 Å². The number of rotatable bonds is 2. The molecule has 3 nitrogen and oxygen atoms in total. The first-order valence-electron chi connectivity index (χ1n) is 4.16. The molecule has 1 aromatic rings. The van der Waals surface area contributed by atoms with Crippen LogP contribution in [0.2, 0.25) is 0 Å². The molecular formula is C9H8Cl3NO2S. The second-order valence-electron chi connectivity index (χ2n) is 3.06. The zero-order valence-electron chi connectivity index (χ0n) is 8.19. The van der Waals surface area contributed by atoms with Crippen LogP contribution in [0.4, 0.5) is 0 Å². The van der Waals surface area contributed by atoms with Gasteiger partial charge in [-0.15, -0.1) is 0 Å². The predicted molar refractivity (Wildman–Crippen MR) is 67.1 cm³/mol. The van der Waals surface area contributed by atoms with Crippen molar-refractivity contribution >= 4 is 51.0 Å². The Kier molecular flexibility index (Phi) is 4.23. The molecule has 0 amide bonds. The van der Waals surface area contributed by atoms with Gasteiger partial charge in [-0.2, -0.15) is 12.8 Å². The van der Waals surface area contributed by atoms with E-state index in [-0.39, 0.29) is 4.90 Å². The summed E-state index contributed by atoms with van der Waals surface area (Å²) in [6.07, 6.45) is 0.757. The number of halogens is 3. The standard InChI is InChI=1S/C9H8Cl3NO2S/c1-7-2-4-8(5-3-7)16(14,15)13-6-9(10,11)12/h2-6H,1H3. The van der Waals surface area contributed by atoms with Crippen molar-refractivity contribution in [3.8, 4) is 0 Å². The maximum Gasteiger partial charge on any atom is 0.282 e. The summed E-state index contributed by atoms with van der Waals surface area (Å²) in [6, 6.07) is 6.22. The van der Waals surface area contributed by atoms with Crippen LogP contribution in [0.3, 0.4) is 0 Å². The lowest BCUT2D eigenvalue weighted by Crippen LogP contribution is -2.06. The van der Waals surface area contributed by atoms with Gasteiger partial charge in [0.15, 0.2) is 0 Å². The zero-order chi connectivity index (χ0) is 12.4. The van der Waals surface area contributed by atoms with Crippen molar-refractivity contribution in [1.82, 2.24) is 0 Å². The van der Waals surface area contributed by atoms with E-state index in [2.05, 4.69) is 4.40 Å². The lowest BCUT2D eigenvalue weighted by atomic mass is 10.2. The van der Waals surface area contributed by atoms with Crippen LogP contribution in [0.25, 0.3) is 0 Å². The Morgan fingerprint density at radius 1 is 1.19 bits per heavy atom. The van der Waals surface area contributed by atoms with Crippen LogP contribution >= 0.6 is 34.8 Å². The van der Waals surface area contributed by atoms with E-state index in [1.54, 1.807) is 12.1 Å². The molecule has 0 radical (unpaired) electrons. The highest BCUT2D eigenvalue weighted by molar-refractivity contribution is 7.90. The summed E-state index contributed by atoms with van der Waals surface area (Å²) in [4.78, 5) is 0.0589. The van der Waals surface area contributed by atoms with Crippen LogP contribution in [-0.2, 0) is 10.0 Å². The average Bonchev–Trinajstić information content (AvgIpc) is 2.15. The number of hydrogen-bond acceptors (Lipinski definition) is 2. The van der Waals surface area contributed by atoms with Gasteiger partial charge in [-0.3, -0.25) is 0 Å². The Balaban J connectivity index is 3.04. The summed E-state index contributed by atoms with van der Waals surface area (Å²) in [6.45, 7) is 1.85. The first-order chi connectivity index (χ1) is 7.21. The van der Waals surface area contributed by atoms with Gasteiger partial charge in [0, 0.05) is 0 Å². The average molecular weight is 301 g/mol. The van der Waals surface area contributed by atoms with Crippen LogP contribution in [-0.4, -0.2) is 18.4 Å². The molecule has 0 fully saturated rings. The third-order valence-electron chi connectivity index (χ3n) is 1.66. The lowest BCUT2D eigenvalue weighted by Gasteiger charge is -2.03. The Bertz CT molecular complexity index is 488. The normalized spacial score (nSPS) is 13.2. The van der Waals surface area contributed by atoms with E-state index < -0.39 is 13.8 Å². The minimum Gasteiger partial charge on any atom is -0.199 e. The van der Waals surface area contributed by atoms with E-state index in [4.69, 9.17) is 34.8 Å². The van der Waals surface area contributed by atoms with Gasteiger partial charge < -0.3 is 0 Å². The molecule has 0 heterocycles. The highest BCUT2D eigenvalue weighted by Crippen LogP contribution is 2.24. The topological polar surface area (TPSA) is 46.5 Å². The highest BCUT2D eigenvalue weighted by atomic mass is 35.6. The van der Waals surface area contributed by atoms with Gasteiger partial charge in [0.25, 0.3) is 10.0 Å². The molecule has 0 aliphatic rings. The fourth-order valence-electron chi connectivity index (χ4n) is 0.900. The van der Waals surface area contributed by atoms with E-state index in [1.165, 1.54) is 12.1 Å². The molecule has 7 heteroatoms. The Morgan fingerprint density at radius 3 is 2.12 bits per heavy atom. The maximum atomic E-state index is 11.6. The number of sulfonamides is 1. The zero-order valence-corrected chi connectivity index (χ0v) is 11.3. The predicted octanol–water partition coefficient (Wildman–Crippen LogP) is 3.12. The quantitative estimate of drug-likeness (QED) is 0.622. The number of aryl methyl sites for hydroxylation is 1. The van der Waals surface area contributed by atoms with Crippen LogP contribution < -0.4 is 0 Å². The molecule has 0 unspecified atom stereocenters. The lowest BCUT2D eigenvalue weighted by molar-refractivity contribution is 0.598. The molecule has 1 rings (SSSR count). The fourth-order valence-corrected chi connectivity index (χ4v) is 2.12. The summed E-state index contributed by atoms with van der Waals surface area (Å²) >= 11 is 16.1. The molecular weight excluding hydrogens is 293 g/mol.